The highest BCUT2D eigenvalue weighted by Crippen LogP contribution is 2.52. The molecule has 0 aromatic rings. The molecule has 0 saturated heterocycles. The molecule has 0 aromatic heterocycles. The Hall–Kier alpha value is 0. The fourth-order valence-corrected chi connectivity index (χ4v) is 2.69. The molecule has 2 saturated carbocycles. The molecule has 9 heavy (non-hydrogen) atoms. The van der Waals surface area contributed by atoms with Crippen molar-refractivity contribution in [1.82, 2.24) is 0 Å². The molecule has 3 unspecified atom stereocenters. The van der Waals surface area contributed by atoms with Gasteiger partial charge in [-0.1, -0.05) is 13.8 Å². The molecule has 0 radical (unpaired) electrons. The maximum absolute atomic E-state index is 2.44. The third-order valence-electron chi connectivity index (χ3n) is 3.72. The van der Waals surface area contributed by atoms with Crippen LogP contribution in [0.4, 0.5) is 0 Å². The Morgan fingerprint density at radius 2 is 1.89 bits per heavy atom. The molecule has 0 N–H and O–H groups in total. The third-order valence-corrected chi connectivity index (χ3v) is 3.72. The second kappa shape index (κ2) is 1.74. The van der Waals surface area contributed by atoms with E-state index in [1.165, 1.54) is 12.8 Å². The highest BCUT2D eigenvalue weighted by molar-refractivity contribution is 4.93. The Morgan fingerprint density at radius 1 is 1.11 bits per heavy atom. The van der Waals surface area contributed by atoms with Gasteiger partial charge in [0.2, 0.25) is 0 Å². The van der Waals surface area contributed by atoms with Crippen LogP contribution in [0.1, 0.15) is 33.1 Å². The lowest BCUT2D eigenvalue weighted by atomic mass is 9.73. The summed E-state index contributed by atoms with van der Waals surface area (Å²) in [5, 5.41) is 0. The van der Waals surface area contributed by atoms with E-state index in [1.807, 2.05) is 0 Å². The molecule has 52 valence electrons. The van der Waals surface area contributed by atoms with E-state index in [1.54, 1.807) is 6.42 Å². The molecule has 2 fully saturated rings. The monoisotopic (exact) mass is 124 g/mol. The van der Waals surface area contributed by atoms with Gasteiger partial charge >= 0.3 is 0 Å². The van der Waals surface area contributed by atoms with Crippen molar-refractivity contribution >= 4 is 0 Å². The molecule has 4 atom stereocenters. The van der Waals surface area contributed by atoms with Crippen LogP contribution < -0.4 is 0 Å². The fraction of sp³-hybridized carbons (Fsp3) is 1.00. The van der Waals surface area contributed by atoms with Gasteiger partial charge in [-0.15, -0.1) is 0 Å². The SMILES string of the molecule is CC1CC2CCC2[C@@H]1C. The molecule has 0 aliphatic heterocycles. The second-order valence-corrected chi connectivity index (χ2v) is 4.07. The Balaban J connectivity index is 2.07. The van der Waals surface area contributed by atoms with E-state index in [-0.39, 0.29) is 0 Å². The summed E-state index contributed by atoms with van der Waals surface area (Å²) >= 11 is 0. The molecule has 0 spiro atoms. The van der Waals surface area contributed by atoms with Gasteiger partial charge in [0.05, 0.1) is 0 Å². The molecule has 0 aromatic carbocycles. The Bertz CT molecular complexity index is 113. The van der Waals surface area contributed by atoms with Crippen molar-refractivity contribution in [3.63, 3.8) is 0 Å². The van der Waals surface area contributed by atoms with Crippen LogP contribution in [0, 0.1) is 23.7 Å². The second-order valence-electron chi connectivity index (χ2n) is 4.07. The van der Waals surface area contributed by atoms with Crippen molar-refractivity contribution in [2.24, 2.45) is 23.7 Å². The van der Waals surface area contributed by atoms with Gasteiger partial charge in [0, 0.05) is 0 Å². The van der Waals surface area contributed by atoms with E-state index < -0.39 is 0 Å². The zero-order valence-corrected chi connectivity index (χ0v) is 6.43. The van der Waals surface area contributed by atoms with Crippen LogP contribution in [0.25, 0.3) is 0 Å². The number of hydrogen-bond acceptors (Lipinski definition) is 0. The topological polar surface area (TPSA) is 0 Å². The average molecular weight is 124 g/mol. The Labute approximate surface area is 57.6 Å². The summed E-state index contributed by atoms with van der Waals surface area (Å²) in [6.45, 7) is 4.86. The number of fused-ring (bicyclic) bond motifs is 1. The summed E-state index contributed by atoms with van der Waals surface area (Å²) in [5.74, 6) is 4.36. The van der Waals surface area contributed by atoms with E-state index in [0.29, 0.717) is 0 Å². The summed E-state index contributed by atoms with van der Waals surface area (Å²) < 4.78 is 0. The molecular weight excluding hydrogens is 108 g/mol. The number of rotatable bonds is 0. The van der Waals surface area contributed by atoms with Gasteiger partial charge in [-0.25, -0.2) is 0 Å². The first kappa shape index (κ1) is 5.76. The van der Waals surface area contributed by atoms with E-state index in [2.05, 4.69) is 13.8 Å². The average Bonchev–Trinajstić information content (AvgIpc) is 1.92. The highest BCUT2D eigenvalue weighted by atomic mass is 14.5. The quantitative estimate of drug-likeness (QED) is 0.465. The Kier molecular flexibility index (Phi) is 1.12. The van der Waals surface area contributed by atoms with Gasteiger partial charge in [0.25, 0.3) is 0 Å². The molecule has 2 rings (SSSR count). The summed E-state index contributed by atoms with van der Waals surface area (Å²) in [6.07, 6.45) is 4.61. The summed E-state index contributed by atoms with van der Waals surface area (Å²) in [6, 6.07) is 0. The van der Waals surface area contributed by atoms with Crippen molar-refractivity contribution in [3.05, 3.63) is 0 Å². The largest absolute Gasteiger partial charge is 0.0622 e. The number of hydrogen-bond donors (Lipinski definition) is 0. The van der Waals surface area contributed by atoms with Crippen molar-refractivity contribution in [1.29, 1.82) is 0 Å². The van der Waals surface area contributed by atoms with Crippen LogP contribution in [0.5, 0.6) is 0 Å². The maximum Gasteiger partial charge on any atom is -0.0357 e. The van der Waals surface area contributed by atoms with Crippen LogP contribution in [0.15, 0.2) is 0 Å². The van der Waals surface area contributed by atoms with Gasteiger partial charge in [0.1, 0.15) is 0 Å². The van der Waals surface area contributed by atoms with Crippen LogP contribution in [-0.4, -0.2) is 0 Å². The fourth-order valence-electron chi connectivity index (χ4n) is 2.69. The normalized spacial score (nSPS) is 56.7. The van der Waals surface area contributed by atoms with Gasteiger partial charge in [-0.2, -0.15) is 0 Å². The molecule has 0 amide bonds. The lowest BCUT2D eigenvalue weighted by Crippen LogP contribution is -2.23. The predicted octanol–water partition coefficient (Wildman–Crippen LogP) is 2.69. The van der Waals surface area contributed by atoms with Gasteiger partial charge < -0.3 is 0 Å². The van der Waals surface area contributed by atoms with E-state index in [4.69, 9.17) is 0 Å². The van der Waals surface area contributed by atoms with Gasteiger partial charge in [-0.3, -0.25) is 0 Å². The molecule has 0 nitrogen and oxygen atoms in total. The highest BCUT2D eigenvalue weighted by Gasteiger charge is 2.43. The molecule has 2 aliphatic rings. The third kappa shape index (κ3) is 0.653. The van der Waals surface area contributed by atoms with Crippen LogP contribution in [0.2, 0.25) is 0 Å². The summed E-state index contributed by atoms with van der Waals surface area (Å²) in [4.78, 5) is 0. The van der Waals surface area contributed by atoms with Crippen LogP contribution in [-0.2, 0) is 0 Å². The minimum absolute atomic E-state index is 1.03. The van der Waals surface area contributed by atoms with Crippen LogP contribution in [0.3, 0.4) is 0 Å². The first-order chi connectivity index (χ1) is 4.29. The maximum atomic E-state index is 2.44. The van der Waals surface area contributed by atoms with E-state index in [0.717, 1.165) is 23.7 Å². The minimum atomic E-state index is 1.03. The molecule has 0 heteroatoms. The molecule has 0 heterocycles. The first-order valence-electron chi connectivity index (χ1n) is 4.29. The van der Waals surface area contributed by atoms with Crippen LogP contribution >= 0.6 is 0 Å². The lowest BCUT2D eigenvalue weighted by Gasteiger charge is -2.32. The van der Waals surface area contributed by atoms with Crippen molar-refractivity contribution < 1.29 is 0 Å². The smallest absolute Gasteiger partial charge is 0.0357 e. The molecule has 2 aliphatic carbocycles. The van der Waals surface area contributed by atoms with Gasteiger partial charge in [0.15, 0.2) is 0 Å². The first-order valence-corrected chi connectivity index (χ1v) is 4.29. The zero-order valence-electron chi connectivity index (χ0n) is 6.43. The summed E-state index contributed by atoms with van der Waals surface area (Å²) in [7, 11) is 0. The Morgan fingerprint density at radius 3 is 2.11 bits per heavy atom. The lowest BCUT2D eigenvalue weighted by molar-refractivity contribution is 0.176. The van der Waals surface area contributed by atoms with E-state index >= 15 is 0 Å². The van der Waals surface area contributed by atoms with Crippen molar-refractivity contribution in [2.75, 3.05) is 0 Å². The molecule has 0 bridgehead atoms. The van der Waals surface area contributed by atoms with Crippen molar-refractivity contribution in [2.45, 2.75) is 33.1 Å². The minimum Gasteiger partial charge on any atom is -0.0622 e. The standard InChI is InChI=1S/C9H16/c1-6-5-8-3-4-9(8)7(6)2/h6-9H,3-5H2,1-2H3/t6?,7-,8?,9?/m1/s1. The molecular formula is C9H16. The van der Waals surface area contributed by atoms with Crippen molar-refractivity contribution in [3.8, 4) is 0 Å². The summed E-state index contributed by atoms with van der Waals surface area (Å²) in [5.41, 5.74) is 0. The zero-order chi connectivity index (χ0) is 6.43. The van der Waals surface area contributed by atoms with E-state index in [9.17, 15) is 0 Å². The predicted molar refractivity (Wildman–Crippen MR) is 39.2 cm³/mol. The van der Waals surface area contributed by atoms with Gasteiger partial charge in [-0.05, 0) is 42.9 Å².